The first-order valence-corrected chi connectivity index (χ1v) is 10.6. The van der Waals surface area contributed by atoms with Crippen LogP contribution in [0.4, 0.5) is 5.69 Å². The van der Waals surface area contributed by atoms with Gasteiger partial charge in [0.05, 0.1) is 12.0 Å². The van der Waals surface area contributed by atoms with Crippen LogP contribution in [0.25, 0.3) is 0 Å². The van der Waals surface area contributed by atoms with Crippen LogP contribution < -0.4 is 16.8 Å². The fourth-order valence-electron chi connectivity index (χ4n) is 3.13. The maximum absolute atomic E-state index is 13.7. The van der Waals surface area contributed by atoms with Gasteiger partial charge in [-0.2, -0.15) is 4.37 Å². The van der Waals surface area contributed by atoms with Crippen LogP contribution in [0.3, 0.4) is 0 Å². The number of furan rings is 1. The number of nitrogens with zero attached hydrogens (tertiary/aromatic N) is 2. The van der Waals surface area contributed by atoms with Crippen molar-refractivity contribution in [3.05, 3.63) is 70.6 Å². The van der Waals surface area contributed by atoms with Gasteiger partial charge in [0.15, 0.2) is 11.7 Å². The summed E-state index contributed by atoms with van der Waals surface area (Å²) in [7, 11) is 0. The number of carbonyl (C=O) groups excluding carboxylic acids is 3. The van der Waals surface area contributed by atoms with Gasteiger partial charge >= 0.3 is 0 Å². The SMILES string of the molecule is CC(C)(C)NC(=O)C(c1ccco1)N(Cc1ccccc1)C(=O)c1snc(C(N)=O)c1N. The first-order chi connectivity index (χ1) is 15.1. The molecular weight excluding hydrogens is 430 g/mol. The molecule has 0 fully saturated rings. The van der Waals surface area contributed by atoms with E-state index in [1.807, 2.05) is 51.1 Å². The maximum Gasteiger partial charge on any atom is 0.270 e. The van der Waals surface area contributed by atoms with E-state index < -0.39 is 29.3 Å². The maximum atomic E-state index is 13.7. The van der Waals surface area contributed by atoms with Crippen molar-refractivity contribution in [1.82, 2.24) is 14.6 Å². The number of benzene rings is 1. The molecule has 2 aromatic heterocycles. The Labute approximate surface area is 189 Å². The lowest BCUT2D eigenvalue weighted by Crippen LogP contribution is -2.49. The Bertz CT molecular complexity index is 1100. The van der Waals surface area contributed by atoms with Crippen molar-refractivity contribution in [3.63, 3.8) is 0 Å². The van der Waals surface area contributed by atoms with Crippen LogP contribution >= 0.6 is 11.5 Å². The Balaban J connectivity index is 2.10. The van der Waals surface area contributed by atoms with Crippen molar-refractivity contribution >= 4 is 34.9 Å². The number of anilines is 1. The van der Waals surface area contributed by atoms with Crippen molar-refractivity contribution in [2.45, 2.75) is 38.9 Å². The summed E-state index contributed by atoms with van der Waals surface area (Å²) in [5.74, 6) is -1.54. The molecule has 3 amide bonds. The predicted molar refractivity (Wildman–Crippen MR) is 121 cm³/mol. The van der Waals surface area contributed by atoms with Gasteiger partial charge in [0.25, 0.3) is 17.7 Å². The number of nitrogen functional groups attached to an aromatic ring is 1. The average molecular weight is 456 g/mol. The minimum Gasteiger partial charge on any atom is -0.467 e. The Hall–Kier alpha value is -3.66. The van der Waals surface area contributed by atoms with Crippen LogP contribution in [0.5, 0.6) is 0 Å². The van der Waals surface area contributed by atoms with E-state index in [1.54, 1.807) is 12.1 Å². The molecule has 10 heteroatoms. The number of nitrogens with two attached hydrogens (primary N) is 2. The molecule has 0 aliphatic heterocycles. The number of primary amides is 1. The lowest BCUT2D eigenvalue weighted by atomic mass is 10.1. The van der Waals surface area contributed by atoms with Gasteiger partial charge in [-0.05, 0) is 50.0 Å². The van der Waals surface area contributed by atoms with Crippen molar-refractivity contribution < 1.29 is 18.8 Å². The van der Waals surface area contributed by atoms with Crippen molar-refractivity contribution in [1.29, 1.82) is 0 Å². The number of carbonyl (C=O) groups is 3. The van der Waals surface area contributed by atoms with E-state index in [4.69, 9.17) is 15.9 Å². The van der Waals surface area contributed by atoms with Crippen LogP contribution in [-0.4, -0.2) is 32.5 Å². The summed E-state index contributed by atoms with van der Waals surface area (Å²) in [4.78, 5) is 40.0. The minimum absolute atomic E-state index is 0.0230. The second-order valence-electron chi connectivity index (χ2n) is 8.21. The summed E-state index contributed by atoms with van der Waals surface area (Å²) in [5, 5.41) is 2.91. The third-order valence-electron chi connectivity index (χ3n) is 4.48. The van der Waals surface area contributed by atoms with Gasteiger partial charge in [0.1, 0.15) is 10.6 Å². The molecule has 168 valence electrons. The van der Waals surface area contributed by atoms with E-state index in [0.29, 0.717) is 0 Å². The molecule has 2 heterocycles. The van der Waals surface area contributed by atoms with E-state index in [1.165, 1.54) is 11.2 Å². The van der Waals surface area contributed by atoms with Gasteiger partial charge in [-0.1, -0.05) is 30.3 Å². The highest BCUT2D eigenvalue weighted by Crippen LogP contribution is 2.30. The third kappa shape index (κ3) is 5.14. The standard InChI is InChI=1S/C22H25N5O4S/c1-22(2,3)25-20(29)17(14-10-7-11-31-14)27(12-13-8-5-4-6-9-13)21(30)18-15(23)16(19(24)28)26-32-18/h4-11,17H,12,23H2,1-3H3,(H2,24,28)(H,25,29). The zero-order valence-corrected chi connectivity index (χ0v) is 18.8. The van der Waals surface area contributed by atoms with Gasteiger partial charge in [-0.15, -0.1) is 0 Å². The minimum atomic E-state index is -1.09. The molecule has 0 aliphatic rings. The molecule has 0 saturated carbocycles. The number of hydrogen-bond acceptors (Lipinski definition) is 7. The van der Waals surface area contributed by atoms with Crippen molar-refractivity contribution in [2.24, 2.45) is 5.73 Å². The monoisotopic (exact) mass is 455 g/mol. The van der Waals surface area contributed by atoms with Crippen LogP contribution in [0.2, 0.25) is 0 Å². The highest BCUT2D eigenvalue weighted by molar-refractivity contribution is 7.09. The van der Waals surface area contributed by atoms with Gasteiger partial charge in [-0.3, -0.25) is 14.4 Å². The lowest BCUT2D eigenvalue weighted by Gasteiger charge is -2.32. The van der Waals surface area contributed by atoms with E-state index in [0.717, 1.165) is 17.1 Å². The zero-order valence-electron chi connectivity index (χ0n) is 18.0. The summed E-state index contributed by atoms with van der Waals surface area (Å²) in [6, 6.07) is 11.4. The molecule has 0 saturated heterocycles. The molecule has 0 aliphatic carbocycles. The Morgan fingerprint density at radius 3 is 2.38 bits per heavy atom. The lowest BCUT2D eigenvalue weighted by molar-refractivity contribution is -0.128. The number of rotatable bonds is 7. The second kappa shape index (κ2) is 9.23. The molecule has 1 aromatic carbocycles. The Morgan fingerprint density at radius 1 is 1.16 bits per heavy atom. The van der Waals surface area contributed by atoms with E-state index in [9.17, 15) is 14.4 Å². The van der Waals surface area contributed by atoms with Gasteiger partial charge in [0, 0.05) is 12.1 Å². The largest absolute Gasteiger partial charge is 0.467 e. The Kier molecular flexibility index (Phi) is 6.64. The average Bonchev–Trinajstić information content (AvgIpc) is 3.36. The summed E-state index contributed by atoms with van der Waals surface area (Å²) in [6.07, 6.45) is 1.43. The van der Waals surface area contributed by atoms with Crippen molar-refractivity contribution in [2.75, 3.05) is 5.73 Å². The first-order valence-electron chi connectivity index (χ1n) is 9.83. The second-order valence-corrected chi connectivity index (χ2v) is 8.99. The van der Waals surface area contributed by atoms with E-state index in [-0.39, 0.29) is 28.6 Å². The normalized spacial score (nSPS) is 12.2. The van der Waals surface area contributed by atoms with Crippen LogP contribution in [0.1, 0.15) is 58.3 Å². The summed E-state index contributed by atoms with van der Waals surface area (Å²) < 4.78 is 9.46. The predicted octanol–water partition coefficient (Wildman–Crippen LogP) is 2.72. The fraction of sp³-hybridized carbons (Fsp3) is 0.273. The van der Waals surface area contributed by atoms with Gasteiger partial charge in [-0.25, -0.2) is 0 Å². The summed E-state index contributed by atoms with van der Waals surface area (Å²) in [6.45, 7) is 5.61. The summed E-state index contributed by atoms with van der Waals surface area (Å²) >= 11 is 0.762. The van der Waals surface area contributed by atoms with Crippen LogP contribution in [0.15, 0.2) is 53.1 Å². The summed E-state index contributed by atoms with van der Waals surface area (Å²) in [5.41, 5.74) is 11.3. The van der Waals surface area contributed by atoms with Crippen LogP contribution in [-0.2, 0) is 11.3 Å². The molecular formula is C22H25N5O4S. The molecule has 5 N–H and O–H groups in total. The molecule has 1 unspecified atom stereocenters. The number of hydrogen-bond donors (Lipinski definition) is 3. The Morgan fingerprint density at radius 2 is 1.84 bits per heavy atom. The zero-order chi connectivity index (χ0) is 23.5. The molecule has 32 heavy (non-hydrogen) atoms. The van der Waals surface area contributed by atoms with Gasteiger partial charge in [0.2, 0.25) is 0 Å². The number of amides is 3. The molecule has 1 atom stereocenters. The smallest absolute Gasteiger partial charge is 0.270 e. The number of nitrogens with one attached hydrogen (secondary N) is 1. The molecule has 3 aromatic rings. The van der Waals surface area contributed by atoms with Gasteiger partial charge < -0.3 is 26.1 Å². The van der Waals surface area contributed by atoms with Crippen LogP contribution in [0, 0.1) is 0 Å². The first kappa shape index (κ1) is 23.0. The highest BCUT2D eigenvalue weighted by atomic mass is 32.1. The molecule has 0 spiro atoms. The fourth-order valence-corrected chi connectivity index (χ4v) is 3.89. The molecule has 9 nitrogen and oxygen atoms in total. The van der Waals surface area contributed by atoms with E-state index >= 15 is 0 Å². The molecule has 3 rings (SSSR count). The van der Waals surface area contributed by atoms with E-state index in [2.05, 4.69) is 9.69 Å². The quantitative estimate of drug-likeness (QED) is 0.499. The molecule has 0 radical (unpaired) electrons. The topological polar surface area (TPSA) is 145 Å². The third-order valence-corrected chi connectivity index (χ3v) is 5.33. The highest BCUT2D eigenvalue weighted by Gasteiger charge is 2.37. The molecule has 0 bridgehead atoms. The number of aromatic nitrogens is 1. The van der Waals surface area contributed by atoms with Crippen molar-refractivity contribution in [3.8, 4) is 0 Å².